The lowest BCUT2D eigenvalue weighted by Gasteiger charge is -1.93. The van der Waals surface area contributed by atoms with Crippen LogP contribution >= 0.6 is 38.9 Å². The normalized spacial score (nSPS) is 10.7. The number of carboxylic acid groups (broad SMARTS) is 1. The Morgan fingerprint density at radius 1 is 1.50 bits per heavy atom. The predicted molar refractivity (Wildman–Crippen MR) is 61.5 cm³/mol. The first-order valence-electron chi connectivity index (χ1n) is 3.71. The van der Waals surface area contributed by atoms with Gasteiger partial charge in [-0.2, -0.15) is 0 Å². The number of aromatic carboxylic acids is 1. The van der Waals surface area contributed by atoms with Crippen LogP contribution in [0.4, 0.5) is 0 Å². The molecule has 0 amide bonds. The van der Waals surface area contributed by atoms with E-state index in [2.05, 4.69) is 15.9 Å². The van der Waals surface area contributed by atoms with Crippen molar-refractivity contribution in [1.29, 1.82) is 0 Å². The first-order chi connectivity index (χ1) is 6.61. The number of halogens is 2. The summed E-state index contributed by atoms with van der Waals surface area (Å²) in [6.45, 7) is 0. The largest absolute Gasteiger partial charge is 0.477 e. The first kappa shape index (κ1) is 9.96. The van der Waals surface area contributed by atoms with Crippen LogP contribution in [0.2, 0.25) is 5.02 Å². The number of hydrogen-bond acceptors (Lipinski definition) is 2. The van der Waals surface area contributed by atoms with Crippen LogP contribution in [-0.4, -0.2) is 11.1 Å². The van der Waals surface area contributed by atoms with Crippen molar-refractivity contribution >= 4 is 54.9 Å². The molecule has 2 rings (SSSR count). The highest BCUT2D eigenvalue weighted by Crippen LogP contribution is 2.39. The van der Waals surface area contributed by atoms with E-state index in [0.717, 1.165) is 14.6 Å². The monoisotopic (exact) mass is 290 g/mol. The summed E-state index contributed by atoms with van der Waals surface area (Å²) < 4.78 is 1.70. The molecule has 0 aliphatic heterocycles. The molecule has 1 aromatic carbocycles. The molecule has 14 heavy (non-hydrogen) atoms. The molecule has 72 valence electrons. The second-order valence-corrected chi connectivity index (χ2v) is 4.95. The van der Waals surface area contributed by atoms with Crippen LogP contribution in [0.15, 0.2) is 22.7 Å². The lowest BCUT2D eigenvalue weighted by molar-refractivity contribution is 0.0702. The van der Waals surface area contributed by atoms with Crippen molar-refractivity contribution in [2.24, 2.45) is 0 Å². The summed E-state index contributed by atoms with van der Waals surface area (Å²) in [5, 5.41) is 9.95. The van der Waals surface area contributed by atoms with Gasteiger partial charge in [0, 0.05) is 14.6 Å². The van der Waals surface area contributed by atoms with E-state index in [1.165, 1.54) is 11.3 Å². The van der Waals surface area contributed by atoms with Crippen molar-refractivity contribution in [2.45, 2.75) is 0 Å². The Kier molecular flexibility index (Phi) is 2.51. The summed E-state index contributed by atoms with van der Waals surface area (Å²) in [6, 6.07) is 5.54. The van der Waals surface area contributed by atoms with Gasteiger partial charge in [0.1, 0.15) is 4.88 Å². The van der Waals surface area contributed by atoms with Gasteiger partial charge in [0.25, 0.3) is 0 Å². The van der Waals surface area contributed by atoms with E-state index in [9.17, 15) is 4.79 Å². The average molecular weight is 292 g/mol. The third-order valence-electron chi connectivity index (χ3n) is 1.80. The number of thiophene rings is 1. The summed E-state index contributed by atoms with van der Waals surface area (Å²) in [5.74, 6) is -0.983. The predicted octanol–water partition coefficient (Wildman–Crippen LogP) is 4.02. The highest BCUT2D eigenvalue weighted by molar-refractivity contribution is 9.10. The highest BCUT2D eigenvalue weighted by Gasteiger charge is 2.17. The molecule has 1 heterocycles. The fourth-order valence-corrected chi connectivity index (χ4v) is 3.43. The fourth-order valence-electron chi connectivity index (χ4n) is 1.21. The molecule has 2 aromatic rings. The Morgan fingerprint density at radius 3 is 2.79 bits per heavy atom. The molecule has 2 nitrogen and oxygen atoms in total. The van der Waals surface area contributed by atoms with Crippen LogP contribution in [0.1, 0.15) is 9.67 Å². The van der Waals surface area contributed by atoms with Crippen molar-refractivity contribution in [3.63, 3.8) is 0 Å². The molecule has 0 radical (unpaired) electrons. The van der Waals surface area contributed by atoms with Gasteiger partial charge < -0.3 is 5.11 Å². The maximum atomic E-state index is 10.8. The zero-order valence-corrected chi connectivity index (χ0v) is 9.91. The van der Waals surface area contributed by atoms with Crippen LogP contribution in [-0.2, 0) is 0 Å². The molecule has 0 aliphatic carbocycles. The van der Waals surface area contributed by atoms with E-state index in [1.807, 2.05) is 18.2 Å². The average Bonchev–Trinajstić information content (AvgIpc) is 2.45. The molecule has 0 bridgehead atoms. The van der Waals surface area contributed by atoms with Crippen molar-refractivity contribution in [1.82, 2.24) is 0 Å². The van der Waals surface area contributed by atoms with Crippen molar-refractivity contribution in [3.8, 4) is 0 Å². The molecule has 0 fully saturated rings. The molecule has 1 aromatic heterocycles. The lowest BCUT2D eigenvalue weighted by Crippen LogP contribution is -1.91. The summed E-state index contributed by atoms with van der Waals surface area (Å²) in [5.41, 5.74) is 0. The summed E-state index contributed by atoms with van der Waals surface area (Å²) in [4.78, 5) is 11.0. The minimum absolute atomic E-state index is 0.188. The topological polar surface area (TPSA) is 37.3 Å². The maximum Gasteiger partial charge on any atom is 0.347 e. The van der Waals surface area contributed by atoms with Crippen molar-refractivity contribution < 1.29 is 9.90 Å². The third-order valence-corrected chi connectivity index (χ3v) is 4.09. The Hall–Kier alpha value is -0.580. The van der Waals surface area contributed by atoms with Crippen LogP contribution in [0.3, 0.4) is 0 Å². The van der Waals surface area contributed by atoms with E-state index < -0.39 is 5.97 Å². The van der Waals surface area contributed by atoms with Gasteiger partial charge in [-0.1, -0.05) is 33.6 Å². The molecule has 0 spiro atoms. The molecular weight excluding hydrogens is 288 g/mol. The zero-order valence-electron chi connectivity index (χ0n) is 6.75. The van der Waals surface area contributed by atoms with E-state index in [-0.39, 0.29) is 4.88 Å². The van der Waals surface area contributed by atoms with E-state index in [0.29, 0.717) is 5.02 Å². The van der Waals surface area contributed by atoms with Gasteiger partial charge in [-0.3, -0.25) is 0 Å². The highest BCUT2D eigenvalue weighted by atomic mass is 79.9. The summed E-state index contributed by atoms with van der Waals surface area (Å²) in [6.07, 6.45) is 0. The number of benzene rings is 1. The fraction of sp³-hybridized carbons (Fsp3) is 0. The lowest BCUT2D eigenvalue weighted by atomic mass is 10.2. The standard InChI is InChI=1S/C9H4BrClO2S/c10-4-2-1-3-5-6(4)7(11)8(14-5)9(12)13/h1-3H,(H,12,13). The van der Waals surface area contributed by atoms with Crippen molar-refractivity contribution in [3.05, 3.63) is 32.6 Å². The van der Waals surface area contributed by atoms with Crippen LogP contribution in [0.25, 0.3) is 10.1 Å². The van der Waals surface area contributed by atoms with Gasteiger partial charge >= 0.3 is 5.97 Å². The van der Waals surface area contributed by atoms with Gasteiger partial charge in [-0.15, -0.1) is 11.3 Å². The first-order valence-corrected chi connectivity index (χ1v) is 5.70. The summed E-state index contributed by atoms with van der Waals surface area (Å²) in [7, 11) is 0. The Bertz CT molecular complexity index is 521. The molecule has 1 N–H and O–H groups in total. The number of carboxylic acids is 1. The van der Waals surface area contributed by atoms with Gasteiger partial charge in [-0.25, -0.2) is 4.79 Å². The smallest absolute Gasteiger partial charge is 0.347 e. The summed E-state index contributed by atoms with van der Waals surface area (Å²) >= 11 is 10.5. The van der Waals surface area contributed by atoms with Gasteiger partial charge in [0.2, 0.25) is 0 Å². The maximum absolute atomic E-state index is 10.8. The molecule has 0 unspecified atom stereocenters. The Balaban J connectivity index is 2.87. The number of fused-ring (bicyclic) bond motifs is 1. The van der Waals surface area contributed by atoms with E-state index >= 15 is 0 Å². The molecule has 0 atom stereocenters. The molecule has 5 heteroatoms. The minimum atomic E-state index is -0.983. The number of rotatable bonds is 1. The van der Waals surface area contributed by atoms with Crippen LogP contribution < -0.4 is 0 Å². The molecule has 0 saturated carbocycles. The SMILES string of the molecule is O=C(O)c1sc2cccc(Br)c2c1Cl. The molecule has 0 saturated heterocycles. The van der Waals surface area contributed by atoms with E-state index in [4.69, 9.17) is 16.7 Å². The number of hydrogen-bond donors (Lipinski definition) is 1. The third kappa shape index (κ3) is 1.43. The number of carbonyl (C=O) groups is 1. The quantitative estimate of drug-likeness (QED) is 0.862. The molecular formula is C9H4BrClO2S. The Labute approximate surface area is 97.2 Å². The van der Waals surface area contributed by atoms with Gasteiger partial charge in [0.15, 0.2) is 0 Å². The van der Waals surface area contributed by atoms with E-state index in [1.54, 1.807) is 0 Å². The van der Waals surface area contributed by atoms with Gasteiger partial charge in [-0.05, 0) is 12.1 Å². The van der Waals surface area contributed by atoms with Crippen LogP contribution in [0.5, 0.6) is 0 Å². The minimum Gasteiger partial charge on any atom is -0.477 e. The van der Waals surface area contributed by atoms with Gasteiger partial charge in [0.05, 0.1) is 5.02 Å². The zero-order chi connectivity index (χ0) is 10.3. The van der Waals surface area contributed by atoms with Crippen molar-refractivity contribution in [2.75, 3.05) is 0 Å². The second kappa shape index (κ2) is 3.53. The Morgan fingerprint density at radius 2 is 2.21 bits per heavy atom. The molecule has 0 aliphatic rings. The second-order valence-electron chi connectivity index (χ2n) is 2.66. The van der Waals surface area contributed by atoms with Crippen LogP contribution in [0, 0.1) is 0 Å².